The van der Waals surface area contributed by atoms with Crippen LogP contribution in [0.4, 0.5) is 0 Å². The number of ether oxygens (including phenoxy) is 1. The van der Waals surface area contributed by atoms with Crippen molar-refractivity contribution in [3.8, 4) is 0 Å². The summed E-state index contributed by atoms with van der Waals surface area (Å²) in [4.78, 5) is 25.3. The molecule has 1 heterocycles. The second-order valence-corrected chi connectivity index (χ2v) is 4.85. The average Bonchev–Trinajstić information content (AvgIpc) is 3.08. The van der Waals surface area contributed by atoms with Gasteiger partial charge in [0, 0.05) is 12.6 Å². The number of hydrogen-bond donors (Lipinski definition) is 2. The Hall–Kier alpha value is -1.14. The van der Waals surface area contributed by atoms with Crippen LogP contribution in [0.3, 0.4) is 0 Å². The number of carbonyl (C=O) groups excluding carboxylic acids is 2. The van der Waals surface area contributed by atoms with Gasteiger partial charge in [-0.25, -0.2) is 0 Å². The van der Waals surface area contributed by atoms with Crippen molar-refractivity contribution in [2.45, 2.75) is 44.4 Å². The minimum atomic E-state index is -0.470. The number of amides is 1. The van der Waals surface area contributed by atoms with Gasteiger partial charge in [-0.15, -0.1) is 0 Å². The third kappa shape index (κ3) is 3.20. The third-order valence-corrected chi connectivity index (χ3v) is 3.28. The van der Waals surface area contributed by atoms with E-state index in [1.54, 1.807) is 11.8 Å². The van der Waals surface area contributed by atoms with Gasteiger partial charge in [0.1, 0.15) is 6.54 Å². The molecule has 18 heavy (non-hydrogen) atoms. The highest BCUT2D eigenvalue weighted by Crippen LogP contribution is 2.28. The van der Waals surface area contributed by atoms with Crippen LogP contribution in [0.1, 0.15) is 26.2 Å². The molecule has 1 saturated heterocycles. The number of nitrogens with zero attached hydrogens (tertiary/aromatic N) is 1. The maximum Gasteiger partial charge on any atom is 0.325 e. The van der Waals surface area contributed by atoms with Crippen molar-refractivity contribution in [1.82, 2.24) is 10.2 Å². The fraction of sp³-hybridized carbons (Fsp3) is 0.833. The maximum atomic E-state index is 12.3. The first-order valence-corrected chi connectivity index (χ1v) is 6.49. The molecule has 2 unspecified atom stereocenters. The van der Waals surface area contributed by atoms with E-state index in [0.717, 1.165) is 12.8 Å². The molecule has 6 heteroatoms. The van der Waals surface area contributed by atoms with E-state index in [4.69, 9.17) is 4.74 Å². The predicted octanol–water partition coefficient (Wildman–Crippen LogP) is -0.737. The van der Waals surface area contributed by atoms with Gasteiger partial charge in [0.15, 0.2) is 0 Å². The van der Waals surface area contributed by atoms with Gasteiger partial charge in [-0.2, -0.15) is 0 Å². The van der Waals surface area contributed by atoms with Crippen molar-refractivity contribution in [1.29, 1.82) is 0 Å². The van der Waals surface area contributed by atoms with Crippen LogP contribution in [0.15, 0.2) is 0 Å². The van der Waals surface area contributed by atoms with Gasteiger partial charge in [-0.05, 0) is 26.2 Å². The Labute approximate surface area is 106 Å². The summed E-state index contributed by atoms with van der Waals surface area (Å²) in [6, 6.07) is -0.198. The Balaban J connectivity index is 1.92. The van der Waals surface area contributed by atoms with Crippen molar-refractivity contribution in [2.75, 3.05) is 19.7 Å². The summed E-state index contributed by atoms with van der Waals surface area (Å²) in [6.45, 7) is 2.53. The minimum Gasteiger partial charge on any atom is -0.465 e. The molecule has 1 aliphatic carbocycles. The lowest BCUT2D eigenvalue weighted by Crippen LogP contribution is -2.47. The summed E-state index contributed by atoms with van der Waals surface area (Å²) in [5.41, 5.74) is 0. The lowest BCUT2D eigenvalue weighted by molar-refractivity contribution is -0.149. The molecule has 1 amide bonds. The summed E-state index contributed by atoms with van der Waals surface area (Å²) >= 11 is 0. The second-order valence-electron chi connectivity index (χ2n) is 4.85. The quantitative estimate of drug-likeness (QED) is 0.634. The van der Waals surface area contributed by atoms with Crippen molar-refractivity contribution in [3.63, 3.8) is 0 Å². The Bertz CT molecular complexity index is 330. The van der Waals surface area contributed by atoms with Crippen LogP contribution in [-0.2, 0) is 14.3 Å². The summed E-state index contributed by atoms with van der Waals surface area (Å²) in [5.74, 6) is -0.460. The highest BCUT2D eigenvalue weighted by molar-refractivity contribution is 5.86. The maximum absolute atomic E-state index is 12.3. The molecule has 0 aromatic heterocycles. The lowest BCUT2D eigenvalue weighted by atomic mass is 10.1. The monoisotopic (exact) mass is 256 g/mol. The molecule has 2 atom stereocenters. The van der Waals surface area contributed by atoms with Gasteiger partial charge in [0.2, 0.25) is 5.91 Å². The second kappa shape index (κ2) is 5.67. The van der Waals surface area contributed by atoms with Gasteiger partial charge in [-0.1, -0.05) is 0 Å². The van der Waals surface area contributed by atoms with E-state index in [9.17, 15) is 14.7 Å². The summed E-state index contributed by atoms with van der Waals surface area (Å²) in [5, 5.41) is 12.4. The zero-order chi connectivity index (χ0) is 13.1. The highest BCUT2D eigenvalue weighted by Gasteiger charge is 2.39. The van der Waals surface area contributed by atoms with Crippen LogP contribution in [0.5, 0.6) is 0 Å². The molecular weight excluding hydrogens is 236 g/mol. The number of aliphatic hydroxyl groups is 1. The number of carbonyl (C=O) groups is 2. The van der Waals surface area contributed by atoms with E-state index in [-0.39, 0.29) is 30.5 Å². The lowest BCUT2D eigenvalue weighted by Gasteiger charge is -2.24. The van der Waals surface area contributed by atoms with Crippen LogP contribution in [-0.4, -0.2) is 59.8 Å². The van der Waals surface area contributed by atoms with E-state index in [1.165, 1.54) is 0 Å². The van der Waals surface area contributed by atoms with E-state index >= 15 is 0 Å². The molecule has 102 valence electrons. The zero-order valence-electron chi connectivity index (χ0n) is 10.6. The summed E-state index contributed by atoms with van der Waals surface area (Å²) in [6.07, 6.45) is 1.84. The molecule has 0 aromatic rings. The Morgan fingerprint density at radius 1 is 1.44 bits per heavy atom. The Morgan fingerprint density at radius 3 is 2.67 bits per heavy atom. The van der Waals surface area contributed by atoms with Gasteiger partial charge in [-0.3, -0.25) is 9.59 Å². The molecule has 1 aliphatic heterocycles. The first-order valence-electron chi connectivity index (χ1n) is 6.49. The number of aliphatic hydroxyl groups excluding tert-OH is 1. The molecule has 2 rings (SSSR count). The van der Waals surface area contributed by atoms with E-state index < -0.39 is 6.10 Å². The molecular formula is C12H20N2O4. The summed E-state index contributed by atoms with van der Waals surface area (Å²) in [7, 11) is 0. The van der Waals surface area contributed by atoms with E-state index in [2.05, 4.69) is 5.32 Å². The molecule has 0 radical (unpaired) electrons. The number of hydrogen-bond acceptors (Lipinski definition) is 5. The van der Waals surface area contributed by atoms with Crippen molar-refractivity contribution in [3.05, 3.63) is 0 Å². The van der Waals surface area contributed by atoms with Gasteiger partial charge in [0.05, 0.1) is 18.8 Å². The smallest absolute Gasteiger partial charge is 0.325 e. The Kier molecular flexibility index (Phi) is 4.19. The topological polar surface area (TPSA) is 78.9 Å². The number of nitrogens with one attached hydrogen (secondary N) is 1. The van der Waals surface area contributed by atoms with Gasteiger partial charge in [0.25, 0.3) is 0 Å². The largest absolute Gasteiger partial charge is 0.465 e. The molecule has 6 nitrogen and oxygen atoms in total. The number of esters is 1. The summed E-state index contributed by atoms with van der Waals surface area (Å²) < 4.78 is 4.88. The fourth-order valence-corrected chi connectivity index (χ4v) is 2.22. The SMILES string of the molecule is CCOC(=O)CN(C(=O)C1CC(O)CN1)C1CC1. The van der Waals surface area contributed by atoms with Crippen LogP contribution >= 0.6 is 0 Å². The van der Waals surface area contributed by atoms with Gasteiger partial charge >= 0.3 is 5.97 Å². The molecule has 0 spiro atoms. The van der Waals surface area contributed by atoms with Crippen LogP contribution < -0.4 is 5.32 Å². The third-order valence-electron chi connectivity index (χ3n) is 3.28. The number of rotatable bonds is 5. The Morgan fingerprint density at radius 2 is 2.17 bits per heavy atom. The predicted molar refractivity (Wildman–Crippen MR) is 63.8 cm³/mol. The normalized spacial score (nSPS) is 27.0. The van der Waals surface area contributed by atoms with Crippen LogP contribution in [0.25, 0.3) is 0 Å². The van der Waals surface area contributed by atoms with E-state index in [1.807, 2.05) is 0 Å². The van der Waals surface area contributed by atoms with Crippen molar-refractivity contribution >= 4 is 11.9 Å². The first-order chi connectivity index (χ1) is 8.61. The molecule has 0 aromatic carbocycles. The molecule has 2 fully saturated rings. The molecule has 2 N–H and O–H groups in total. The van der Waals surface area contributed by atoms with Crippen LogP contribution in [0.2, 0.25) is 0 Å². The number of β-amino-alcohol motifs (C(OH)–C–C–N with tert-alkyl or cyclic N) is 1. The fourth-order valence-electron chi connectivity index (χ4n) is 2.22. The van der Waals surface area contributed by atoms with Crippen LogP contribution in [0, 0.1) is 0 Å². The zero-order valence-corrected chi connectivity index (χ0v) is 10.6. The van der Waals surface area contributed by atoms with Gasteiger partial charge < -0.3 is 20.1 Å². The average molecular weight is 256 g/mol. The minimum absolute atomic E-state index is 0.0195. The van der Waals surface area contributed by atoms with Crippen molar-refractivity contribution < 1.29 is 19.4 Å². The molecule has 2 aliphatic rings. The first kappa shape index (κ1) is 13.3. The molecule has 1 saturated carbocycles. The standard InChI is InChI=1S/C12H20N2O4/c1-2-18-11(16)7-14(8-3-4-8)12(17)10-5-9(15)6-13-10/h8-10,13,15H,2-7H2,1H3. The molecule has 0 bridgehead atoms. The van der Waals surface area contributed by atoms with Crippen molar-refractivity contribution in [2.24, 2.45) is 0 Å². The van der Waals surface area contributed by atoms with E-state index in [0.29, 0.717) is 19.6 Å². The highest BCUT2D eigenvalue weighted by atomic mass is 16.5.